The van der Waals surface area contributed by atoms with E-state index in [2.05, 4.69) is 13.2 Å². The third-order valence-electron chi connectivity index (χ3n) is 1.26. The summed E-state index contributed by atoms with van der Waals surface area (Å²) in [6.07, 6.45) is 1.67. The number of ether oxygens (including phenoxy) is 1. The molecule has 0 spiro atoms. The van der Waals surface area contributed by atoms with Gasteiger partial charge in [0.15, 0.2) is 0 Å². The molecule has 0 aliphatic rings. The Balaban J connectivity index is 3.81. The number of carbonyl (C=O) groups excluding carboxylic acids is 1. The molecule has 0 saturated carbocycles. The van der Waals surface area contributed by atoms with Crippen molar-refractivity contribution in [3.63, 3.8) is 0 Å². The van der Waals surface area contributed by atoms with Crippen LogP contribution in [-0.4, -0.2) is 12.6 Å². The van der Waals surface area contributed by atoms with Crippen molar-refractivity contribution in [1.29, 1.82) is 5.26 Å². The van der Waals surface area contributed by atoms with Crippen LogP contribution in [0, 0.1) is 17.2 Å². The number of esters is 1. The minimum Gasteiger partial charge on any atom is -0.461 e. The van der Waals surface area contributed by atoms with Gasteiger partial charge in [0, 0.05) is 5.92 Å². The van der Waals surface area contributed by atoms with E-state index in [9.17, 15) is 4.79 Å². The quantitative estimate of drug-likeness (QED) is 0.274. The lowest BCUT2D eigenvalue weighted by atomic mass is 10.2. The molecule has 0 aromatic heterocycles. The highest BCUT2D eigenvalue weighted by Gasteiger charge is 2.07. The zero-order valence-electron chi connectivity index (χ0n) is 7.04. The van der Waals surface area contributed by atoms with E-state index in [0.717, 1.165) is 0 Å². The molecular formula is C9H11NO2. The van der Waals surface area contributed by atoms with Crippen molar-refractivity contribution >= 4 is 5.97 Å². The highest BCUT2D eigenvalue weighted by molar-refractivity contribution is 5.91. The van der Waals surface area contributed by atoms with Crippen molar-refractivity contribution in [2.75, 3.05) is 6.61 Å². The average molecular weight is 165 g/mol. The Hall–Kier alpha value is -1.56. The molecule has 0 amide bonds. The molecular weight excluding hydrogens is 154 g/mol. The Bertz CT molecular complexity index is 237. The molecule has 0 N–H and O–H groups in total. The highest BCUT2D eigenvalue weighted by atomic mass is 16.5. The first-order chi connectivity index (χ1) is 5.61. The summed E-state index contributed by atoms with van der Waals surface area (Å²) in [4.78, 5) is 10.8. The second-order valence-corrected chi connectivity index (χ2v) is 2.40. The van der Waals surface area contributed by atoms with Crippen LogP contribution in [0.4, 0.5) is 0 Å². The maximum absolute atomic E-state index is 10.8. The number of hydrogen-bond acceptors (Lipinski definition) is 3. The summed E-state index contributed by atoms with van der Waals surface area (Å²) in [5, 5.41) is 8.26. The van der Waals surface area contributed by atoms with Gasteiger partial charge in [0.2, 0.25) is 0 Å². The first kappa shape index (κ1) is 10.4. The van der Waals surface area contributed by atoms with Gasteiger partial charge < -0.3 is 4.74 Å². The second-order valence-electron chi connectivity index (χ2n) is 2.40. The summed E-state index contributed by atoms with van der Waals surface area (Å²) in [6, 6.07) is 1.61. The summed E-state index contributed by atoms with van der Waals surface area (Å²) < 4.78 is 4.72. The Morgan fingerprint density at radius 2 is 2.42 bits per heavy atom. The maximum Gasteiger partial charge on any atom is 0.348 e. The predicted molar refractivity (Wildman–Crippen MR) is 45.1 cm³/mol. The summed E-state index contributed by atoms with van der Waals surface area (Å²) in [7, 11) is 0. The molecule has 0 aromatic rings. The maximum atomic E-state index is 10.8. The van der Waals surface area contributed by atoms with Crippen LogP contribution in [-0.2, 0) is 9.53 Å². The van der Waals surface area contributed by atoms with Crippen molar-refractivity contribution in [3.8, 4) is 6.07 Å². The molecule has 12 heavy (non-hydrogen) atoms. The fraction of sp³-hybridized carbons (Fsp3) is 0.333. The van der Waals surface area contributed by atoms with Gasteiger partial charge in [-0.25, -0.2) is 4.79 Å². The van der Waals surface area contributed by atoms with Gasteiger partial charge in [0.05, 0.1) is 6.61 Å². The Kier molecular flexibility index (Phi) is 4.47. The van der Waals surface area contributed by atoms with Crippen molar-refractivity contribution < 1.29 is 9.53 Å². The molecule has 0 aliphatic carbocycles. The van der Waals surface area contributed by atoms with E-state index in [4.69, 9.17) is 10.00 Å². The Morgan fingerprint density at radius 3 is 2.83 bits per heavy atom. The second kappa shape index (κ2) is 5.14. The molecule has 0 bridgehead atoms. The van der Waals surface area contributed by atoms with Crippen LogP contribution in [0.25, 0.3) is 0 Å². The largest absolute Gasteiger partial charge is 0.461 e. The highest BCUT2D eigenvalue weighted by Crippen LogP contribution is 1.99. The van der Waals surface area contributed by atoms with Crippen LogP contribution in [0.2, 0.25) is 0 Å². The van der Waals surface area contributed by atoms with Crippen LogP contribution in [0.3, 0.4) is 0 Å². The summed E-state index contributed by atoms with van der Waals surface area (Å²) in [6.45, 7) is 8.84. The lowest BCUT2D eigenvalue weighted by molar-refractivity contribution is -0.139. The lowest BCUT2D eigenvalue weighted by Crippen LogP contribution is -2.11. The monoisotopic (exact) mass is 165 g/mol. The number of carbonyl (C=O) groups is 1. The SMILES string of the molecule is C=CC(C)COC(=O)C(=C)C#N. The standard InChI is InChI=1S/C9H11NO2/c1-4-7(2)6-12-9(11)8(3)5-10/h4,7H,1,3,6H2,2H3. The van der Waals surface area contributed by atoms with Crippen LogP contribution in [0.15, 0.2) is 24.8 Å². The fourth-order valence-electron chi connectivity index (χ4n) is 0.408. The molecule has 0 aliphatic heterocycles. The van der Waals surface area contributed by atoms with E-state index in [-0.39, 0.29) is 18.1 Å². The van der Waals surface area contributed by atoms with E-state index >= 15 is 0 Å². The van der Waals surface area contributed by atoms with Crippen molar-refractivity contribution in [2.24, 2.45) is 5.92 Å². The Labute approximate surface area is 71.9 Å². The fourth-order valence-corrected chi connectivity index (χ4v) is 0.408. The van der Waals surface area contributed by atoms with Gasteiger partial charge in [-0.3, -0.25) is 0 Å². The zero-order chi connectivity index (χ0) is 9.56. The summed E-state index contributed by atoms with van der Waals surface area (Å²) in [5.41, 5.74) is -0.175. The van der Waals surface area contributed by atoms with E-state index in [0.29, 0.717) is 0 Å². The minimum absolute atomic E-state index is 0.0976. The first-order valence-corrected chi connectivity index (χ1v) is 3.50. The van der Waals surface area contributed by atoms with Gasteiger partial charge in [-0.2, -0.15) is 5.26 Å². The van der Waals surface area contributed by atoms with Gasteiger partial charge in [0.25, 0.3) is 0 Å². The molecule has 3 nitrogen and oxygen atoms in total. The molecule has 64 valence electrons. The summed E-state index contributed by atoms with van der Waals surface area (Å²) >= 11 is 0. The van der Waals surface area contributed by atoms with Crippen molar-refractivity contribution in [2.45, 2.75) is 6.92 Å². The van der Waals surface area contributed by atoms with Gasteiger partial charge >= 0.3 is 5.97 Å². The lowest BCUT2D eigenvalue weighted by Gasteiger charge is -2.05. The van der Waals surface area contributed by atoms with E-state index in [1.54, 1.807) is 12.1 Å². The number of hydrogen-bond donors (Lipinski definition) is 0. The third-order valence-corrected chi connectivity index (χ3v) is 1.26. The average Bonchev–Trinajstić information content (AvgIpc) is 2.11. The zero-order valence-corrected chi connectivity index (χ0v) is 7.04. The van der Waals surface area contributed by atoms with E-state index in [1.165, 1.54) is 0 Å². The number of rotatable bonds is 4. The molecule has 0 heterocycles. The van der Waals surface area contributed by atoms with Crippen LogP contribution in [0.5, 0.6) is 0 Å². The molecule has 0 radical (unpaired) electrons. The van der Waals surface area contributed by atoms with Gasteiger partial charge in [0.1, 0.15) is 11.6 Å². The molecule has 3 heteroatoms. The first-order valence-electron chi connectivity index (χ1n) is 3.50. The molecule has 0 saturated heterocycles. The smallest absolute Gasteiger partial charge is 0.348 e. The van der Waals surface area contributed by atoms with Crippen LogP contribution in [0.1, 0.15) is 6.92 Å². The topological polar surface area (TPSA) is 50.1 Å². The van der Waals surface area contributed by atoms with Gasteiger partial charge in [-0.15, -0.1) is 6.58 Å². The molecule has 0 fully saturated rings. The van der Waals surface area contributed by atoms with Crippen molar-refractivity contribution in [1.82, 2.24) is 0 Å². The van der Waals surface area contributed by atoms with E-state index < -0.39 is 5.97 Å². The third kappa shape index (κ3) is 3.57. The number of nitrogens with zero attached hydrogens (tertiary/aromatic N) is 1. The van der Waals surface area contributed by atoms with Gasteiger partial charge in [-0.05, 0) is 0 Å². The van der Waals surface area contributed by atoms with Gasteiger partial charge in [-0.1, -0.05) is 19.6 Å². The van der Waals surface area contributed by atoms with Crippen LogP contribution < -0.4 is 0 Å². The van der Waals surface area contributed by atoms with E-state index in [1.807, 2.05) is 6.92 Å². The molecule has 0 rings (SSSR count). The van der Waals surface area contributed by atoms with Crippen molar-refractivity contribution in [3.05, 3.63) is 24.8 Å². The summed E-state index contributed by atoms with van der Waals surface area (Å²) in [5.74, 6) is -0.563. The normalized spacial score (nSPS) is 11.0. The number of nitriles is 1. The molecule has 0 aromatic carbocycles. The molecule has 1 atom stereocenters. The minimum atomic E-state index is -0.661. The predicted octanol–water partition coefficient (Wildman–Crippen LogP) is 1.43. The molecule has 1 unspecified atom stereocenters. The Morgan fingerprint density at radius 1 is 1.83 bits per heavy atom. The van der Waals surface area contributed by atoms with Crippen LogP contribution >= 0.6 is 0 Å².